The van der Waals surface area contributed by atoms with Crippen LogP contribution >= 0.6 is 0 Å². The van der Waals surface area contributed by atoms with Gasteiger partial charge in [0.1, 0.15) is 0 Å². The van der Waals surface area contributed by atoms with Gasteiger partial charge in [-0.05, 0) is 19.8 Å². The second kappa shape index (κ2) is 4.45. The van der Waals surface area contributed by atoms with Crippen molar-refractivity contribution < 1.29 is 8.42 Å². The molecule has 0 radical (unpaired) electrons. The van der Waals surface area contributed by atoms with Crippen molar-refractivity contribution in [3.63, 3.8) is 0 Å². The minimum Gasteiger partial charge on any atom is -0.307 e. The maximum atomic E-state index is 11.4. The van der Waals surface area contributed by atoms with Gasteiger partial charge in [0.2, 0.25) is 0 Å². The smallest absolute Gasteiger partial charge is 0.151 e. The number of hydrogen-bond acceptors (Lipinski definition) is 3. The van der Waals surface area contributed by atoms with Crippen molar-refractivity contribution in [2.45, 2.75) is 43.5 Å². The van der Waals surface area contributed by atoms with Crippen molar-refractivity contribution >= 4 is 9.84 Å². The van der Waals surface area contributed by atoms with Crippen LogP contribution in [0.1, 0.15) is 26.2 Å². The van der Waals surface area contributed by atoms with Crippen LogP contribution in [0.5, 0.6) is 0 Å². The van der Waals surface area contributed by atoms with Crippen LogP contribution in [-0.2, 0) is 9.84 Å². The van der Waals surface area contributed by atoms with Gasteiger partial charge >= 0.3 is 0 Å². The fourth-order valence-corrected chi connectivity index (χ4v) is 3.44. The molecular formula is C10H19NO2S. The monoisotopic (exact) mass is 217 g/mol. The molecule has 0 aromatic rings. The van der Waals surface area contributed by atoms with E-state index < -0.39 is 9.84 Å². The summed E-state index contributed by atoms with van der Waals surface area (Å²) in [7, 11) is -2.90. The molecular weight excluding hydrogens is 198 g/mol. The van der Waals surface area contributed by atoms with Crippen LogP contribution in [0.3, 0.4) is 0 Å². The number of hydrogen-bond donors (Lipinski definition) is 1. The molecule has 3 unspecified atom stereocenters. The largest absolute Gasteiger partial charge is 0.307 e. The van der Waals surface area contributed by atoms with Crippen molar-refractivity contribution in [3.8, 4) is 0 Å². The van der Waals surface area contributed by atoms with Crippen molar-refractivity contribution in [2.24, 2.45) is 0 Å². The average molecular weight is 217 g/mol. The average Bonchev–Trinajstić information content (AvgIpc) is 2.51. The molecule has 1 rings (SSSR count). The van der Waals surface area contributed by atoms with Crippen LogP contribution in [0.15, 0.2) is 12.7 Å². The van der Waals surface area contributed by atoms with Crippen molar-refractivity contribution in [1.82, 2.24) is 5.32 Å². The van der Waals surface area contributed by atoms with E-state index in [9.17, 15) is 8.42 Å². The Bertz CT molecular complexity index is 297. The predicted octanol–water partition coefficient (Wildman–Crippen LogP) is 1.12. The topological polar surface area (TPSA) is 46.2 Å². The van der Waals surface area contributed by atoms with Crippen molar-refractivity contribution in [1.29, 1.82) is 0 Å². The highest BCUT2D eigenvalue weighted by atomic mass is 32.2. The molecule has 0 aromatic heterocycles. The number of nitrogens with one attached hydrogen (secondary N) is 1. The quantitative estimate of drug-likeness (QED) is 0.718. The zero-order valence-electron chi connectivity index (χ0n) is 8.86. The van der Waals surface area contributed by atoms with Crippen LogP contribution in [-0.4, -0.2) is 32.0 Å². The SMILES string of the molecule is C=CC(C)NC1CCCC1S(C)(=O)=O. The van der Waals surface area contributed by atoms with Crippen molar-refractivity contribution in [2.75, 3.05) is 6.26 Å². The zero-order chi connectivity index (χ0) is 10.8. The first-order valence-corrected chi connectivity index (χ1v) is 6.98. The van der Waals surface area contributed by atoms with Crippen LogP contribution in [0, 0.1) is 0 Å². The van der Waals surface area contributed by atoms with Gasteiger partial charge < -0.3 is 5.32 Å². The Labute approximate surface area is 86.5 Å². The van der Waals surface area contributed by atoms with Crippen molar-refractivity contribution in [3.05, 3.63) is 12.7 Å². The Hall–Kier alpha value is -0.350. The molecule has 0 heterocycles. The molecule has 4 heteroatoms. The summed E-state index contributed by atoms with van der Waals surface area (Å²) < 4.78 is 22.9. The molecule has 1 fully saturated rings. The van der Waals surface area contributed by atoms with Gasteiger partial charge in [-0.1, -0.05) is 12.5 Å². The van der Waals surface area contributed by atoms with Crippen LogP contribution in [0.2, 0.25) is 0 Å². The second-order valence-electron chi connectivity index (χ2n) is 4.10. The highest BCUT2D eigenvalue weighted by Crippen LogP contribution is 2.25. The van der Waals surface area contributed by atoms with Crippen LogP contribution in [0.25, 0.3) is 0 Å². The summed E-state index contributed by atoms with van der Waals surface area (Å²) >= 11 is 0. The molecule has 3 atom stereocenters. The summed E-state index contributed by atoms with van der Waals surface area (Å²) in [5, 5.41) is 3.08. The Kier molecular flexibility index (Phi) is 3.72. The van der Waals surface area contributed by atoms with Crippen LogP contribution < -0.4 is 5.32 Å². The first-order chi connectivity index (χ1) is 6.45. The number of sulfone groups is 1. The highest BCUT2D eigenvalue weighted by molar-refractivity contribution is 7.91. The second-order valence-corrected chi connectivity index (χ2v) is 6.36. The summed E-state index contributed by atoms with van der Waals surface area (Å²) in [5.41, 5.74) is 0. The first kappa shape index (κ1) is 11.7. The predicted molar refractivity (Wildman–Crippen MR) is 59.1 cm³/mol. The van der Waals surface area contributed by atoms with E-state index in [0.29, 0.717) is 0 Å². The summed E-state index contributed by atoms with van der Waals surface area (Å²) in [6.07, 6.45) is 5.88. The standard InChI is InChI=1S/C10H19NO2S/c1-4-8(2)11-9-6-5-7-10(9)14(3,12)13/h4,8-11H,1,5-7H2,2-3H3. The fourth-order valence-electron chi connectivity index (χ4n) is 2.03. The van der Waals surface area contributed by atoms with E-state index >= 15 is 0 Å². The van der Waals surface area contributed by atoms with E-state index in [-0.39, 0.29) is 17.3 Å². The molecule has 14 heavy (non-hydrogen) atoms. The highest BCUT2D eigenvalue weighted by Gasteiger charge is 2.34. The fraction of sp³-hybridized carbons (Fsp3) is 0.800. The lowest BCUT2D eigenvalue weighted by Gasteiger charge is -2.22. The maximum Gasteiger partial charge on any atom is 0.151 e. The van der Waals surface area contributed by atoms with E-state index in [4.69, 9.17) is 0 Å². The van der Waals surface area contributed by atoms with Gasteiger partial charge in [0.15, 0.2) is 9.84 Å². The third-order valence-corrected chi connectivity index (χ3v) is 4.50. The third-order valence-electron chi connectivity index (χ3n) is 2.83. The molecule has 3 nitrogen and oxygen atoms in total. The normalized spacial score (nSPS) is 30.1. The molecule has 1 aliphatic rings. The molecule has 1 saturated carbocycles. The zero-order valence-corrected chi connectivity index (χ0v) is 9.68. The Morgan fingerprint density at radius 2 is 2.14 bits per heavy atom. The third kappa shape index (κ3) is 2.82. The molecule has 0 aliphatic heterocycles. The summed E-state index contributed by atoms with van der Waals surface area (Å²) in [5.74, 6) is 0. The molecule has 1 N–H and O–H groups in total. The maximum absolute atomic E-state index is 11.4. The van der Waals surface area contributed by atoms with Gasteiger partial charge in [-0.2, -0.15) is 0 Å². The van der Waals surface area contributed by atoms with Gasteiger partial charge in [-0.15, -0.1) is 6.58 Å². The van der Waals surface area contributed by atoms with E-state index in [1.807, 2.05) is 6.92 Å². The summed E-state index contributed by atoms with van der Waals surface area (Å²) in [6.45, 7) is 5.67. The molecule has 0 spiro atoms. The lowest BCUT2D eigenvalue weighted by molar-refractivity contribution is 0.485. The molecule has 82 valence electrons. The minimum atomic E-state index is -2.90. The van der Waals surface area contributed by atoms with Gasteiger partial charge in [0.05, 0.1) is 5.25 Å². The van der Waals surface area contributed by atoms with Gasteiger partial charge in [0.25, 0.3) is 0 Å². The lowest BCUT2D eigenvalue weighted by Crippen LogP contribution is -2.43. The van der Waals surface area contributed by atoms with Crippen LogP contribution in [0.4, 0.5) is 0 Å². The Morgan fingerprint density at radius 3 is 2.64 bits per heavy atom. The molecule has 0 aromatic carbocycles. The minimum absolute atomic E-state index is 0.109. The summed E-state index contributed by atoms with van der Waals surface area (Å²) in [6, 6.07) is 0.292. The number of rotatable bonds is 4. The van der Waals surface area contributed by atoms with E-state index in [1.165, 1.54) is 6.26 Å². The molecule has 1 aliphatic carbocycles. The van der Waals surface area contributed by atoms with E-state index in [0.717, 1.165) is 19.3 Å². The van der Waals surface area contributed by atoms with Gasteiger partial charge in [-0.3, -0.25) is 0 Å². The Balaban J connectivity index is 2.65. The van der Waals surface area contributed by atoms with Gasteiger partial charge in [0, 0.05) is 18.3 Å². The van der Waals surface area contributed by atoms with E-state index in [2.05, 4.69) is 11.9 Å². The van der Waals surface area contributed by atoms with E-state index in [1.54, 1.807) is 6.08 Å². The first-order valence-electron chi connectivity index (χ1n) is 5.02. The lowest BCUT2D eigenvalue weighted by atomic mass is 10.2. The Morgan fingerprint density at radius 1 is 1.50 bits per heavy atom. The molecule has 0 amide bonds. The molecule has 0 bridgehead atoms. The molecule has 0 saturated heterocycles. The summed E-state index contributed by atoms with van der Waals surface area (Å²) in [4.78, 5) is 0. The van der Waals surface area contributed by atoms with Gasteiger partial charge in [-0.25, -0.2) is 8.42 Å².